The monoisotopic (exact) mass is 329 g/mol. The van der Waals surface area contributed by atoms with Gasteiger partial charge in [-0.2, -0.15) is 0 Å². The summed E-state index contributed by atoms with van der Waals surface area (Å²) in [6, 6.07) is 6.06. The highest BCUT2D eigenvalue weighted by Gasteiger charge is 2.07. The zero-order valence-corrected chi connectivity index (χ0v) is 12.9. The van der Waals surface area contributed by atoms with Crippen LogP contribution in [-0.4, -0.2) is 37.4 Å². The zero-order chi connectivity index (χ0) is 14.3. The van der Waals surface area contributed by atoms with Crippen LogP contribution in [0, 0.1) is 6.92 Å². The maximum absolute atomic E-state index is 11.6. The van der Waals surface area contributed by atoms with Crippen molar-refractivity contribution in [3.63, 3.8) is 0 Å². The van der Waals surface area contributed by atoms with Crippen molar-refractivity contribution in [3.8, 4) is 0 Å². The van der Waals surface area contributed by atoms with Crippen LogP contribution >= 0.6 is 15.9 Å². The third kappa shape index (κ3) is 6.18. The number of rotatable bonds is 7. The van der Waals surface area contributed by atoms with Gasteiger partial charge in [-0.15, -0.1) is 0 Å². The molecule has 106 valence electrons. The van der Waals surface area contributed by atoms with Gasteiger partial charge in [0.1, 0.15) is 0 Å². The highest BCUT2D eigenvalue weighted by atomic mass is 79.9. The largest absolute Gasteiger partial charge is 0.389 e. The van der Waals surface area contributed by atoms with Gasteiger partial charge in [-0.1, -0.05) is 28.1 Å². The standard InChI is InChI=1S/C14H20BrNO3/c1-10-7-11(3-5-13(10)15)4-6-14(18)16-8-12(17)9-19-2/h3,5,7,12,17H,4,6,8-9H2,1-2H3,(H,16,18). The van der Waals surface area contributed by atoms with E-state index in [-0.39, 0.29) is 19.1 Å². The number of aliphatic hydroxyl groups is 1. The van der Waals surface area contributed by atoms with Gasteiger partial charge in [0.15, 0.2) is 0 Å². The lowest BCUT2D eigenvalue weighted by Crippen LogP contribution is -2.34. The summed E-state index contributed by atoms with van der Waals surface area (Å²) < 4.78 is 5.86. The summed E-state index contributed by atoms with van der Waals surface area (Å²) in [6.07, 6.45) is 0.463. The van der Waals surface area contributed by atoms with Crippen LogP contribution < -0.4 is 5.32 Å². The average molecular weight is 330 g/mol. The van der Waals surface area contributed by atoms with Crippen LogP contribution in [0.4, 0.5) is 0 Å². The summed E-state index contributed by atoms with van der Waals surface area (Å²) in [7, 11) is 1.51. The Morgan fingerprint density at radius 1 is 1.53 bits per heavy atom. The van der Waals surface area contributed by atoms with E-state index in [9.17, 15) is 9.90 Å². The number of amides is 1. The molecule has 0 aliphatic carbocycles. The molecule has 1 amide bonds. The highest BCUT2D eigenvalue weighted by molar-refractivity contribution is 9.10. The first-order valence-corrected chi connectivity index (χ1v) is 7.01. The number of hydrogen-bond donors (Lipinski definition) is 2. The summed E-state index contributed by atoms with van der Waals surface area (Å²) in [5.74, 6) is -0.0595. The molecule has 0 heterocycles. The number of aryl methyl sites for hydroxylation is 2. The Labute approximate surface area is 122 Å². The number of carbonyl (C=O) groups is 1. The van der Waals surface area contributed by atoms with Gasteiger partial charge in [0, 0.05) is 24.5 Å². The molecule has 1 aromatic carbocycles. The Morgan fingerprint density at radius 2 is 2.26 bits per heavy atom. The summed E-state index contributed by atoms with van der Waals surface area (Å²) in [4.78, 5) is 11.6. The smallest absolute Gasteiger partial charge is 0.220 e. The molecule has 1 rings (SSSR count). The molecule has 0 saturated carbocycles. The van der Waals surface area contributed by atoms with E-state index in [0.717, 1.165) is 15.6 Å². The van der Waals surface area contributed by atoms with Crippen molar-refractivity contribution < 1.29 is 14.6 Å². The van der Waals surface area contributed by atoms with E-state index in [1.54, 1.807) is 0 Å². The van der Waals surface area contributed by atoms with E-state index in [0.29, 0.717) is 12.8 Å². The van der Waals surface area contributed by atoms with E-state index in [4.69, 9.17) is 4.74 Å². The lowest BCUT2D eigenvalue weighted by atomic mass is 10.1. The Balaban J connectivity index is 2.31. The summed E-state index contributed by atoms with van der Waals surface area (Å²) in [5, 5.41) is 12.1. The predicted molar refractivity (Wildman–Crippen MR) is 78.1 cm³/mol. The SMILES string of the molecule is COCC(O)CNC(=O)CCc1ccc(Br)c(C)c1. The molecule has 0 fully saturated rings. The van der Waals surface area contributed by atoms with Gasteiger partial charge in [-0.3, -0.25) is 4.79 Å². The van der Waals surface area contributed by atoms with Crippen molar-refractivity contribution >= 4 is 21.8 Å². The number of benzene rings is 1. The van der Waals surface area contributed by atoms with E-state index in [1.807, 2.05) is 19.1 Å². The topological polar surface area (TPSA) is 58.6 Å². The third-order valence-corrected chi connectivity index (χ3v) is 3.65. The number of methoxy groups -OCH3 is 1. The normalized spacial score (nSPS) is 12.2. The molecule has 19 heavy (non-hydrogen) atoms. The number of halogens is 1. The highest BCUT2D eigenvalue weighted by Crippen LogP contribution is 2.17. The molecule has 1 aromatic rings. The first kappa shape index (κ1) is 16.1. The van der Waals surface area contributed by atoms with Gasteiger partial charge in [-0.05, 0) is 30.5 Å². The number of ether oxygens (including phenoxy) is 1. The van der Waals surface area contributed by atoms with Crippen molar-refractivity contribution in [2.75, 3.05) is 20.3 Å². The number of aliphatic hydroxyl groups excluding tert-OH is 1. The maximum atomic E-state index is 11.6. The molecule has 0 spiro atoms. The number of carbonyl (C=O) groups excluding carboxylic acids is 1. The zero-order valence-electron chi connectivity index (χ0n) is 11.3. The van der Waals surface area contributed by atoms with Gasteiger partial charge in [-0.25, -0.2) is 0 Å². The minimum atomic E-state index is -0.649. The van der Waals surface area contributed by atoms with Gasteiger partial charge >= 0.3 is 0 Å². The lowest BCUT2D eigenvalue weighted by molar-refractivity contribution is -0.121. The molecular formula is C14H20BrNO3. The summed E-state index contributed by atoms with van der Waals surface area (Å²) in [5.41, 5.74) is 2.29. The van der Waals surface area contributed by atoms with Gasteiger partial charge in [0.25, 0.3) is 0 Å². The molecule has 0 saturated heterocycles. The Morgan fingerprint density at radius 3 is 2.89 bits per heavy atom. The Kier molecular flexibility index (Phi) is 7.05. The lowest BCUT2D eigenvalue weighted by Gasteiger charge is -2.11. The average Bonchev–Trinajstić information content (AvgIpc) is 2.38. The quantitative estimate of drug-likeness (QED) is 0.802. The number of hydrogen-bond acceptors (Lipinski definition) is 3. The Hall–Kier alpha value is -0.910. The van der Waals surface area contributed by atoms with Crippen molar-refractivity contribution in [1.82, 2.24) is 5.32 Å². The number of nitrogens with one attached hydrogen (secondary N) is 1. The second kappa shape index (κ2) is 8.30. The Bertz CT molecular complexity index is 423. The van der Waals surface area contributed by atoms with E-state index in [1.165, 1.54) is 7.11 Å². The van der Waals surface area contributed by atoms with Crippen LogP contribution in [0.15, 0.2) is 22.7 Å². The first-order valence-electron chi connectivity index (χ1n) is 6.21. The minimum absolute atomic E-state index is 0.0595. The molecule has 4 nitrogen and oxygen atoms in total. The van der Waals surface area contributed by atoms with Gasteiger partial charge < -0.3 is 15.2 Å². The van der Waals surface area contributed by atoms with Crippen LogP contribution in [0.25, 0.3) is 0 Å². The molecule has 0 aliphatic rings. The van der Waals surface area contributed by atoms with Crippen molar-refractivity contribution in [1.29, 1.82) is 0 Å². The fraction of sp³-hybridized carbons (Fsp3) is 0.500. The molecule has 0 bridgehead atoms. The second-order valence-electron chi connectivity index (χ2n) is 4.50. The molecule has 5 heteroatoms. The van der Waals surface area contributed by atoms with Crippen molar-refractivity contribution in [3.05, 3.63) is 33.8 Å². The maximum Gasteiger partial charge on any atom is 0.220 e. The third-order valence-electron chi connectivity index (χ3n) is 2.76. The molecule has 0 radical (unpaired) electrons. The molecule has 0 aliphatic heterocycles. The molecule has 0 aromatic heterocycles. The predicted octanol–water partition coefficient (Wildman–Crippen LogP) is 1.81. The van der Waals surface area contributed by atoms with Crippen LogP contribution in [0.2, 0.25) is 0 Å². The molecule has 1 atom stereocenters. The van der Waals surface area contributed by atoms with Crippen molar-refractivity contribution in [2.45, 2.75) is 25.9 Å². The molecular weight excluding hydrogens is 310 g/mol. The van der Waals surface area contributed by atoms with Gasteiger partial charge in [0.05, 0.1) is 12.7 Å². The molecule has 1 unspecified atom stereocenters. The van der Waals surface area contributed by atoms with Crippen LogP contribution in [-0.2, 0) is 16.0 Å². The fourth-order valence-electron chi connectivity index (χ4n) is 1.69. The van der Waals surface area contributed by atoms with Crippen molar-refractivity contribution in [2.24, 2.45) is 0 Å². The second-order valence-corrected chi connectivity index (χ2v) is 5.35. The van der Waals surface area contributed by atoms with Gasteiger partial charge in [0.2, 0.25) is 5.91 Å². The van der Waals surface area contributed by atoms with E-state index < -0.39 is 6.10 Å². The molecule has 2 N–H and O–H groups in total. The first-order chi connectivity index (χ1) is 9.02. The summed E-state index contributed by atoms with van der Waals surface area (Å²) in [6.45, 7) is 2.48. The van der Waals surface area contributed by atoms with Crippen LogP contribution in [0.5, 0.6) is 0 Å². The van der Waals surface area contributed by atoms with E-state index in [2.05, 4.69) is 27.3 Å². The van der Waals surface area contributed by atoms with Crippen LogP contribution in [0.3, 0.4) is 0 Å². The summed E-state index contributed by atoms with van der Waals surface area (Å²) >= 11 is 3.45. The fourth-order valence-corrected chi connectivity index (χ4v) is 1.94. The van der Waals surface area contributed by atoms with E-state index >= 15 is 0 Å². The minimum Gasteiger partial charge on any atom is -0.389 e. The van der Waals surface area contributed by atoms with Crippen LogP contribution in [0.1, 0.15) is 17.5 Å².